The van der Waals surface area contributed by atoms with Crippen molar-refractivity contribution in [2.45, 2.75) is 0 Å². The van der Waals surface area contributed by atoms with Crippen LogP contribution in [0.1, 0.15) is 16.7 Å². The zero-order valence-corrected chi connectivity index (χ0v) is 25.9. The summed E-state index contributed by atoms with van der Waals surface area (Å²) in [4.78, 5) is 45.6. The van der Waals surface area contributed by atoms with Gasteiger partial charge in [0.15, 0.2) is 0 Å². The number of hydrogen-bond donors (Lipinski definition) is 1. The molecular formula is C41H26N4O4. The van der Waals surface area contributed by atoms with Crippen molar-refractivity contribution < 1.29 is 14.7 Å². The van der Waals surface area contributed by atoms with E-state index in [2.05, 4.69) is 4.85 Å². The van der Waals surface area contributed by atoms with E-state index in [9.17, 15) is 24.8 Å². The molecule has 1 aliphatic heterocycles. The van der Waals surface area contributed by atoms with Crippen LogP contribution < -0.4 is 10.5 Å². The van der Waals surface area contributed by atoms with Crippen molar-refractivity contribution in [1.29, 1.82) is 5.26 Å². The minimum absolute atomic E-state index is 0.138. The van der Waals surface area contributed by atoms with E-state index in [1.807, 2.05) is 12.1 Å². The molecule has 0 spiro atoms. The van der Waals surface area contributed by atoms with E-state index in [-0.39, 0.29) is 39.4 Å². The molecule has 6 rings (SSSR count). The lowest BCUT2D eigenvalue weighted by Gasteiger charge is -2.29. The quantitative estimate of drug-likeness (QED) is 0.0861. The number of amides is 2. The normalized spacial score (nSPS) is 14.1. The largest absolute Gasteiger partial charge is 0.494 e. The summed E-state index contributed by atoms with van der Waals surface area (Å²) in [6, 6.07) is 36.7. The Morgan fingerprint density at radius 1 is 0.694 bits per heavy atom. The Morgan fingerprint density at radius 3 is 1.82 bits per heavy atom. The van der Waals surface area contributed by atoms with Crippen LogP contribution in [-0.2, 0) is 9.59 Å². The van der Waals surface area contributed by atoms with Gasteiger partial charge in [-0.3, -0.25) is 19.3 Å². The molecule has 2 heterocycles. The van der Waals surface area contributed by atoms with Gasteiger partial charge in [0.25, 0.3) is 23.1 Å². The summed E-state index contributed by atoms with van der Waals surface area (Å²) in [7, 11) is 0. The lowest BCUT2D eigenvalue weighted by Crippen LogP contribution is -2.42. The van der Waals surface area contributed by atoms with E-state index in [1.54, 1.807) is 140 Å². The molecule has 4 aromatic carbocycles. The molecule has 8 heteroatoms. The van der Waals surface area contributed by atoms with Crippen molar-refractivity contribution >= 4 is 29.2 Å². The molecule has 49 heavy (non-hydrogen) atoms. The highest BCUT2D eigenvalue weighted by atomic mass is 16.3. The maximum absolute atomic E-state index is 13.9. The zero-order chi connectivity index (χ0) is 34.3. The topological polar surface area (TPSA) is 108 Å². The average molecular weight is 639 g/mol. The Morgan fingerprint density at radius 2 is 1.24 bits per heavy atom. The number of allylic oxidation sites excluding steroid dienone is 4. The highest BCUT2D eigenvalue weighted by molar-refractivity contribution is 6.36. The molecule has 0 fully saturated rings. The van der Waals surface area contributed by atoms with Crippen molar-refractivity contribution in [3.05, 3.63) is 195 Å². The van der Waals surface area contributed by atoms with Crippen molar-refractivity contribution in [3.8, 4) is 28.8 Å². The molecule has 0 saturated carbocycles. The number of aromatic hydroxyl groups is 1. The maximum atomic E-state index is 13.9. The molecule has 0 unspecified atom stereocenters. The van der Waals surface area contributed by atoms with E-state index in [0.717, 1.165) is 9.47 Å². The third-order valence-electron chi connectivity index (χ3n) is 7.86. The van der Waals surface area contributed by atoms with Gasteiger partial charge in [-0.05, 0) is 41.5 Å². The molecule has 1 N–H and O–H groups in total. The van der Waals surface area contributed by atoms with Crippen molar-refractivity contribution in [2.75, 3.05) is 4.90 Å². The second-order valence-electron chi connectivity index (χ2n) is 10.7. The van der Waals surface area contributed by atoms with Gasteiger partial charge in [0, 0.05) is 22.3 Å². The van der Waals surface area contributed by atoms with Crippen LogP contribution in [0.25, 0.3) is 33.3 Å². The average Bonchev–Trinajstić information content (AvgIpc) is 3.14. The highest BCUT2D eigenvalue weighted by Gasteiger charge is 2.38. The number of nitrogens with zero attached hydrogens (tertiary/aromatic N) is 4. The van der Waals surface area contributed by atoms with E-state index in [1.165, 1.54) is 6.08 Å². The first kappa shape index (κ1) is 31.7. The van der Waals surface area contributed by atoms with Crippen LogP contribution in [0.15, 0.2) is 162 Å². The molecule has 0 bridgehead atoms. The number of hydrogen-bond acceptors (Lipinski definition) is 5. The number of carbonyl (C=O) groups is 2. The Bertz CT molecular complexity index is 2340. The van der Waals surface area contributed by atoms with Crippen LogP contribution in [0.4, 0.5) is 5.69 Å². The first-order chi connectivity index (χ1) is 24.0. The van der Waals surface area contributed by atoms with Gasteiger partial charge in [0.1, 0.15) is 11.6 Å². The fourth-order valence-electron chi connectivity index (χ4n) is 5.66. The van der Waals surface area contributed by atoms with Gasteiger partial charge >= 0.3 is 0 Å². The third-order valence-corrected chi connectivity index (χ3v) is 7.86. The Labute approximate surface area is 282 Å². The molecule has 0 radical (unpaired) electrons. The van der Waals surface area contributed by atoms with E-state index >= 15 is 0 Å². The van der Waals surface area contributed by atoms with Gasteiger partial charge < -0.3 is 5.11 Å². The van der Waals surface area contributed by atoms with Crippen LogP contribution in [0.5, 0.6) is 5.88 Å². The molecule has 5 aromatic rings. The predicted molar refractivity (Wildman–Crippen MR) is 189 cm³/mol. The molecule has 0 aliphatic carbocycles. The summed E-state index contributed by atoms with van der Waals surface area (Å²) in [6.07, 6.45) is 7.92. The second kappa shape index (κ2) is 14.0. The molecule has 8 nitrogen and oxygen atoms in total. The fourth-order valence-corrected chi connectivity index (χ4v) is 5.66. The van der Waals surface area contributed by atoms with Crippen LogP contribution in [-0.4, -0.2) is 21.5 Å². The first-order valence-corrected chi connectivity index (χ1v) is 15.2. The summed E-state index contributed by atoms with van der Waals surface area (Å²) >= 11 is 0. The predicted octanol–water partition coefficient (Wildman–Crippen LogP) is 7.48. The van der Waals surface area contributed by atoms with Crippen LogP contribution in [0, 0.1) is 17.9 Å². The smallest absolute Gasteiger partial charge is 0.276 e. The Balaban J connectivity index is 1.48. The highest BCUT2D eigenvalue weighted by Crippen LogP contribution is 2.37. The van der Waals surface area contributed by atoms with Crippen molar-refractivity contribution in [2.24, 2.45) is 0 Å². The maximum Gasteiger partial charge on any atom is 0.276 e. The summed E-state index contributed by atoms with van der Waals surface area (Å²) in [5, 5.41) is 21.6. The monoisotopic (exact) mass is 638 g/mol. The van der Waals surface area contributed by atoms with Crippen LogP contribution in [0.3, 0.4) is 0 Å². The van der Waals surface area contributed by atoms with E-state index < -0.39 is 17.4 Å². The summed E-state index contributed by atoms with van der Waals surface area (Å²) < 4.78 is 1.09. The number of aromatic nitrogens is 1. The molecular weight excluding hydrogens is 612 g/mol. The van der Waals surface area contributed by atoms with E-state index in [0.29, 0.717) is 22.5 Å². The van der Waals surface area contributed by atoms with Gasteiger partial charge in [0.05, 0.1) is 17.9 Å². The lowest BCUT2D eigenvalue weighted by atomic mass is 9.90. The number of rotatable bonds is 7. The number of para-hydroxylation sites is 2. The lowest BCUT2D eigenvalue weighted by molar-refractivity contribution is -0.122. The van der Waals surface area contributed by atoms with Gasteiger partial charge in [-0.1, -0.05) is 121 Å². The van der Waals surface area contributed by atoms with Crippen molar-refractivity contribution in [1.82, 2.24) is 4.57 Å². The van der Waals surface area contributed by atoms with Crippen LogP contribution >= 0.6 is 0 Å². The standard InChI is InChI=1S/C41H26N4O4/c1-43-37-36(29-19-9-3-10-20-29)33(39(47)45(41(37)49)31-23-13-5-14-24-31)26-16-6-15-25-32-35(28-17-7-2-8-18-28)34(27-42)40(48)44(38(32)46)30-21-11-4-12-22-30/h2-26,46H. The molecule has 234 valence electrons. The number of anilines is 1. The van der Waals surface area contributed by atoms with Crippen LogP contribution in [0.2, 0.25) is 0 Å². The number of carbonyl (C=O) groups excluding carboxylic acids is 2. The minimum Gasteiger partial charge on any atom is -0.494 e. The van der Waals surface area contributed by atoms with Gasteiger partial charge in [0.2, 0.25) is 5.88 Å². The Hall–Kier alpha value is -7.29. The zero-order valence-electron chi connectivity index (χ0n) is 25.9. The number of pyridine rings is 1. The number of imide groups is 1. The van der Waals surface area contributed by atoms with Gasteiger partial charge in [-0.15, -0.1) is 0 Å². The third kappa shape index (κ3) is 6.01. The van der Waals surface area contributed by atoms with Gasteiger partial charge in [-0.2, -0.15) is 5.26 Å². The second-order valence-corrected chi connectivity index (χ2v) is 10.7. The first-order valence-electron chi connectivity index (χ1n) is 15.2. The molecule has 1 aromatic heterocycles. The van der Waals surface area contributed by atoms with Crippen molar-refractivity contribution in [3.63, 3.8) is 0 Å². The van der Waals surface area contributed by atoms with Gasteiger partial charge in [-0.25, -0.2) is 9.41 Å². The summed E-state index contributed by atoms with van der Waals surface area (Å²) in [5.41, 5.74) is 1.73. The summed E-state index contributed by atoms with van der Waals surface area (Å²) in [5.74, 6) is -1.65. The fraction of sp³-hybridized carbons (Fsp3) is 0. The minimum atomic E-state index is -0.711. The molecule has 1 aliphatic rings. The molecule has 0 saturated heterocycles. The molecule has 2 amide bonds. The number of benzene rings is 4. The SMILES string of the molecule is [C-]#[N+]C1=C(c2ccccc2)C(=CC=CC=Cc2c(-c3ccccc3)c(C#N)c(=O)n(-c3ccccc3)c2O)C(=O)N(c2ccccc2)C1=O. The summed E-state index contributed by atoms with van der Waals surface area (Å²) in [6.45, 7) is 7.87. The molecule has 0 atom stereocenters. The van der Waals surface area contributed by atoms with E-state index in [4.69, 9.17) is 6.57 Å². The number of nitriles is 1. The Kier molecular flexibility index (Phi) is 9.05.